The van der Waals surface area contributed by atoms with Gasteiger partial charge >= 0.3 is 52.8 Å². The summed E-state index contributed by atoms with van der Waals surface area (Å²) in [4.78, 5) is 12.0. The van der Waals surface area contributed by atoms with E-state index in [0.29, 0.717) is 6.92 Å². The molecule has 190 valence electrons. The highest BCUT2D eigenvalue weighted by molar-refractivity contribution is 5.89. The van der Waals surface area contributed by atoms with Crippen molar-refractivity contribution in [2.75, 3.05) is 0 Å². The normalized spacial score (nSPS) is 44.3. The Kier molecular flexibility index (Phi) is 4.34. The van der Waals surface area contributed by atoms with Gasteiger partial charge in [-0.3, -0.25) is 0 Å². The van der Waals surface area contributed by atoms with E-state index in [1.165, 1.54) is 0 Å². The number of hydrogen-bond donors (Lipinski definition) is 2. The zero-order valence-electron chi connectivity index (χ0n) is 16.1. The van der Waals surface area contributed by atoms with Gasteiger partial charge in [0.2, 0.25) is 0 Å². The summed E-state index contributed by atoms with van der Waals surface area (Å²) in [5.41, 5.74) is -30.3. The summed E-state index contributed by atoms with van der Waals surface area (Å²) in [6.07, 6.45) is 0. The molecule has 4 aliphatic carbocycles. The fraction of sp³-hybridized carbons (Fsp3) is 0.812. The monoisotopic (exact) mass is 514 g/mol. The van der Waals surface area contributed by atoms with Gasteiger partial charge in [-0.2, -0.15) is 52.7 Å². The van der Waals surface area contributed by atoms with Gasteiger partial charge in [0.15, 0.2) is 0 Å². The van der Waals surface area contributed by atoms with Crippen LogP contribution in [0.15, 0.2) is 11.1 Å². The van der Waals surface area contributed by atoms with Crippen molar-refractivity contribution in [3.8, 4) is 0 Å². The molecule has 17 heteroatoms. The Labute approximate surface area is 174 Å². The van der Waals surface area contributed by atoms with Gasteiger partial charge in [-0.05, 0) is 20.8 Å². The number of halogens is 13. The zero-order chi connectivity index (χ0) is 26.4. The van der Waals surface area contributed by atoms with Crippen LogP contribution in [0.25, 0.3) is 0 Å². The predicted molar refractivity (Wildman–Crippen MR) is 76.3 cm³/mol. The van der Waals surface area contributed by atoms with Crippen LogP contribution in [0, 0.1) is 0 Å². The average Bonchev–Trinajstić information content (AvgIpc) is 2.64. The minimum atomic E-state index is -7.61. The highest BCUT2D eigenvalue weighted by atomic mass is 19.3. The number of aliphatic hydroxyl groups is 2. The first-order valence-electron chi connectivity index (χ1n) is 8.52. The Morgan fingerprint density at radius 3 is 1.21 bits per heavy atom. The minimum absolute atomic E-state index is 0.368. The van der Waals surface area contributed by atoms with Crippen LogP contribution >= 0.6 is 0 Å². The number of ether oxygens (including phenoxy) is 1. The standard InChI is InChI=1S/C16H11F13O4/c1-4(2)5(3)6(30)33-10-13(22,23)7(17)11(18,19)8(31,15(10,26)27)14(24,25)9(32,12(7,20)21)16(10,28)29/h31-32H,1-3H3. The zero-order valence-corrected chi connectivity index (χ0v) is 16.1. The third-order valence-electron chi connectivity index (χ3n) is 6.65. The van der Waals surface area contributed by atoms with Gasteiger partial charge in [0.25, 0.3) is 11.2 Å². The second kappa shape index (κ2) is 5.54. The van der Waals surface area contributed by atoms with Gasteiger partial charge in [-0.25, -0.2) is 9.18 Å². The molecule has 4 rings (SSSR count). The average molecular weight is 514 g/mol. The topological polar surface area (TPSA) is 66.8 Å². The Morgan fingerprint density at radius 2 is 0.909 bits per heavy atom. The van der Waals surface area contributed by atoms with Crippen molar-refractivity contribution in [1.82, 2.24) is 0 Å². The minimum Gasteiger partial charge on any atom is -0.436 e. The second-order valence-corrected chi connectivity index (χ2v) is 8.22. The molecule has 0 heterocycles. The van der Waals surface area contributed by atoms with Crippen LogP contribution in [0.4, 0.5) is 57.1 Å². The molecular weight excluding hydrogens is 503 g/mol. The first kappa shape index (κ1) is 25.8. The molecule has 2 N–H and O–H groups in total. The van der Waals surface area contributed by atoms with Crippen LogP contribution in [-0.4, -0.2) is 74.2 Å². The summed E-state index contributed by atoms with van der Waals surface area (Å²) >= 11 is 0. The second-order valence-electron chi connectivity index (χ2n) is 8.22. The van der Waals surface area contributed by atoms with E-state index in [2.05, 4.69) is 4.74 Å². The van der Waals surface area contributed by atoms with Gasteiger partial charge in [-0.1, -0.05) is 5.57 Å². The van der Waals surface area contributed by atoms with E-state index >= 15 is 4.39 Å². The quantitative estimate of drug-likeness (QED) is 0.336. The third-order valence-corrected chi connectivity index (χ3v) is 6.65. The highest BCUT2D eigenvalue weighted by Gasteiger charge is 3.22. The molecule has 0 aromatic carbocycles. The molecule has 0 aromatic rings. The number of allylic oxidation sites excluding steroid dienone is 1. The summed E-state index contributed by atoms with van der Waals surface area (Å²) in [6, 6.07) is 0. The Hall–Kier alpha value is -1.78. The van der Waals surface area contributed by atoms with Crippen LogP contribution in [0.5, 0.6) is 0 Å². The van der Waals surface area contributed by atoms with Crippen molar-refractivity contribution in [2.45, 2.75) is 78.8 Å². The molecular formula is C16H11F13O4. The van der Waals surface area contributed by atoms with E-state index in [0.717, 1.165) is 13.8 Å². The summed E-state index contributed by atoms with van der Waals surface area (Å²) < 4.78 is 195. The number of esters is 1. The van der Waals surface area contributed by atoms with Gasteiger partial charge in [0.1, 0.15) is 0 Å². The molecule has 0 aromatic heterocycles. The molecule has 4 bridgehead atoms. The maximum absolute atomic E-state index is 15.0. The molecule has 0 aliphatic heterocycles. The van der Waals surface area contributed by atoms with E-state index in [1.54, 1.807) is 0 Å². The Morgan fingerprint density at radius 1 is 0.576 bits per heavy atom. The lowest BCUT2D eigenvalue weighted by Crippen LogP contribution is -3.11. The van der Waals surface area contributed by atoms with Gasteiger partial charge in [0.05, 0.1) is 0 Å². The van der Waals surface area contributed by atoms with Crippen LogP contribution in [0.2, 0.25) is 0 Å². The van der Waals surface area contributed by atoms with Crippen LogP contribution in [-0.2, 0) is 9.53 Å². The number of carbonyl (C=O) groups is 1. The van der Waals surface area contributed by atoms with E-state index in [1.807, 2.05) is 0 Å². The highest BCUT2D eigenvalue weighted by Crippen LogP contribution is 2.87. The molecule has 4 aliphatic rings. The molecule has 33 heavy (non-hydrogen) atoms. The predicted octanol–water partition coefficient (Wildman–Crippen LogP) is 3.65. The third kappa shape index (κ3) is 1.69. The summed E-state index contributed by atoms with van der Waals surface area (Å²) in [7, 11) is 0. The summed E-state index contributed by atoms with van der Waals surface area (Å²) in [6.45, 7) is 2.36. The lowest BCUT2D eigenvalue weighted by Gasteiger charge is -2.75. The van der Waals surface area contributed by atoms with E-state index in [9.17, 15) is 67.7 Å². The summed E-state index contributed by atoms with van der Waals surface area (Å²) in [5.74, 6) is -47.9. The van der Waals surface area contributed by atoms with E-state index in [4.69, 9.17) is 0 Å². The first-order chi connectivity index (χ1) is 14.2. The lowest BCUT2D eigenvalue weighted by molar-refractivity contribution is -0.631. The van der Waals surface area contributed by atoms with E-state index < -0.39 is 69.5 Å². The molecule has 2 unspecified atom stereocenters. The first-order valence-corrected chi connectivity index (χ1v) is 8.52. The van der Waals surface area contributed by atoms with Gasteiger partial charge in [0, 0.05) is 5.57 Å². The molecule has 2 atom stereocenters. The molecule has 4 saturated carbocycles. The largest absolute Gasteiger partial charge is 0.436 e. The Balaban J connectivity index is 2.64. The van der Waals surface area contributed by atoms with Crippen LogP contribution in [0.3, 0.4) is 0 Å². The lowest BCUT2D eigenvalue weighted by atomic mass is 9.39. The smallest absolute Gasteiger partial charge is 0.344 e. The van der Waals surface area contributed by atoms with E-state index in [-0.39, 0.29) is 5.57 Å². The number of carbonyl (C=O) groups excluding carboxylic acids is 1. The molecule has 0 radical (unpaired) electrons. The molecule has 0 amide bonds. The molecule has 0 spiro atoms. The molecule has 4 nitrogen and oxygen atoms in total. The molecule has 4 fully saturated rings. The fourth-order valence-corrected chi connectivity index (χ4v) is 4.49. The fourth-order valence-electron chi connectivity index (χ4n) is 4.49. The number of alkyl halides is 13. The maximum Gasteiger partial charge on any atom is 0.344 e. The van der Waals surface area contributed by atoms with Crippen molar-refractivity contribution in [3.05, 3.63) is 11.1 Å². The molecule has 0 saturated heterocycles. The van der Waals surface area contributed by atoms with Crippen molar-refractivity contribution in [2.24, 2.45) is 0 Å². The van der Waals surface area contributed by atoms with Crippen molar-refractivity contribution in [3.63, 3.8) is 0 Å². The van der Waals surface area contributed by atoms with Crippen molar-refractivity contribution in [1.29, 1.82) is 0 Å². The van der Waals surface area contributed by atoms with Crippen LogP contribution < -0.4 is 0 Å². The number of rotatable bonds is 2. The van der Waals surface area contributed by atoms with Gasteiger partial charge < -0.3 is 14.9 Å². The van der Waals surface area contributed by atoms with Gasteiger partial charge in [-0.15, -0.1) is 0 Å². The number of hydrogen-bond acceptors (Lipinski definition) is 4. The SMILES string of the molecule is CC(C)=C(C)C(=O)OC12C(F)(F)C3(O)C(F)(F)C(O)(C(F)(F)C(F)(C3(F)F)C1(F)F)C2(F)F. The van der Waals surface area contributed by atoms with Crippen LogP contribution in [0.1, 0.15) is 20.8 Å². The van der Waals surface area contributed by atoms with Crippen molar-refractivity contribution < 1.29 is 76.8 Å². The maximum atomic E-state index is 15.0. The van der Waals surface area contributed by atoms with Crippen molar-refractivity contribution >= 4 is 5.97 Å². The Bertz CT molecular complexity index is 868. The summed E-state index contributed by atoms with van der Waals surface area (Å²) in [5, 5.41) is 19.2.